The van der Waals surface area contributed by atoms with E-state index in [-0.39, 0.29) is 10.7 Å². The van der Waals surface area contributed by atoms with E-state index in [1.165, 1.54) is 11.2 Å². The summed E-state index contributed by atoms with van der Waals surface area (Å²) in [5, 5.41) is 2.31. The highest BCUT2D eigenvalue weighted by atomic mass is 127. The molecule has 0 amide bonds. The van der Waals surface area contributed by atoms with Gasteiger partial charge in [0.1, 0.15) is 8.72 Å². The van der Waals surface area contributed by atoms with E-state index >= 15 is 0 Å². The third-order valence-corrected chi connectivity index (χ3v) is 4.63. The lowest BCUT2D eigenvalue weighted by molar-refractivity contribution is 0.655. The summed E-state index contributed by atoms with van der Waals surface area (Å²) in [6, 6.07) is 4.07. The second-order valence-electron chi connectivity index (χ2n) is 3.18. The summed E-state index contributed by atoms with van der Waals surface area (Å²) < 4.78 is 2.07. The third-order valence-electron chi connectivity index (χ3n) is 2.12. The number of thiophene rings is 1. The second-order valence-corrected chi connectivity index (χ2v) is 5.65. The molecule has 16 heavy (non-hydrogen) atoms. The minimum atomic E-state index is -0.0721. The molecule has 0 aromatic carbocycles. The number of aromatic nitrogens is 2. The molecule has 0 N–H and O–H groups in total. The van der Waals surface area contributed by atoms with E-state index in [2.05, 4.69) is 11.1 Å². The van der Waals surface area contributed by atoms with Gasteiger partial charge < -0.3 is 0 Å². The monoisotopic (exact) mass is 366 g/mol. The first-order chi connectivity index (χ1) is 7.68. The molecule has 0 bridgehead atoms. The fraction of sp³-hybridized carbons (Fsp3) is 0.200. The van der Waals surface area contributed by atoms with Gasteiger partial charge in [-0.15, -0.1) is 11.3 Å². The molecule has 84 valence electrons. The Morgan fingerprint density at radius 1 is 1.56 bits per heavy atom. The van der Waals surface area contributed by atoms with Crippen LogP contribution in [0.4, 0.5) is 0 Å². The standard InChI is InChI=1S/C10H8ClIN2OS/c11-9-8(12)10(15)14(6-13-9)4-3-7-2-1-5-16-7/h1-2,5-6H,3-4H2. The Bertz CT molecular complexity index is 538. The van der Waals surface area contributed by atoms with Crippen LogP contribution in [0.25, 0.3) is 0 Å². The Balaban J connectivity index is 2.17. The van der Waals surface area contributed by atoms with E-state index in [4.69, 9.17) is 11.6 Å². The van der Waals surface area contributed by atoms with Crippen LogP contribution in [0, 0.1) is 3.57 Å². The Morgan fingerprint density at radius 2 is 2.38 bits per heavy atom. The topological polar surface area (TPSA) is 34.9 Å². The molecule has 0 aliphatic carbocycles. The summed E-state index contributed by atoms with van der Waals surface area (Å²) >= 11 is 9.37. The number of nitrogens with zero attached hydrogens (tertiary/aromatic N) is 2. The first kappa shape index (κ1) is 12.1. The van der Waals surface area contributed by atoms with Crippen LogP contribution >= 0.6 is 45.5 Å². The number of halogens is 2. The van der Waals surface area contributed by atoms with Crippen LogP contribution < -0.4 is 5.56 Å². The van der Waals surface area contributed by atoms with Gasteiger partial charge in [-0.05, 0) is 40.5 Å². The highest BCUT2D eigenvalue weighted by Crippen LogP contribution is 2.11. The van der Waals surface area contributed by atoms with Gasteiger partial charge in [0.25, 0.3) is 5.56 Å². The molecule has 2 aromatic rings. The van der Waals surface area contributed by atoms with Gasteiger partial charge in [-0.2, -0.15) is 0 Å². The summed E-state index contributed by atoms with van der Waals surface area (Å²) in [6.45, 7) is 0.638. The highest BCUT2D eigenvalue weighted by molar-refractivity contribution is 14.1. The zero-order chi connectivity index (χ0) is 11.5. The summed E-state index contributed by atoms with van der Waals surface area (Å²) in [7, 11) is 0. The van der Waals surface area contributed by atoms with Crippen molar-refractivity contribution in [2.24, 2.45) is 0 Å². The van der Waals surface area contributed by atoms with E-state index in [9.17, 15) is 4.79 Å². The maximum absolute atomic E-state index is 11.8. The molecular weight excluding hydrogens is 359 g/mol. The highest BCUT2D eigenvalue weighted by Gasteiger charge is 2.06. The van der Waals surface area contributed by atoms with E-state index in [1.807, 2.05) is 34.0 Å². The van der Waals surface area contributed by atoms with Crippen molar-refractivity contribution in [3.05, 3.63) is 47.8 Å². The molecule has 0 aliphatic rings. The van der Waals surface area contributed by atoms with E-state index in [0.717, 1.165) is 6.42 Å². The minimum absolute atomic E-state index is 0.0721. The fourth-order valence-electron chi connectivity index (χ4n) is 1.29. The van der Waals surface area contributed by atoms with Crippen LogP contribution in [0.15, 0.2) is 28.6 Å². The third kappa shape index (κ3) is 2.64. The van der Waals surface area contributed by atoms with Gasteiger partial charge in [0.05, 0.1) is 6.33 Å². The minimum Gasteiger partial charge on any atom is -0.298 e. The zero-order valence-corrected chi connectivity index (χ0v) is 11.9. The van der Waals surface area contributed by atoms with Gasteiger partial charge in [0.2, 0.25) is 0 Å². The predicted octanol–water partition coefficient (Wildman–Crippen LogP) is 2.81. The van der Waals surface area contributed by atoms with Crippen molar-refractivity contribution < 1.29 is 0 Å². The molecule has 0 fully saturated rings. The van der Waals surface area contributed by atoms with E-state index in [0.29, 0.717) is 10.1 Å². The molecule has 0 spiro atoms. The molecule has 2 heterocycles. The molecule has 0 saturated heterocycles. The van der Waals surface area contributed by atoms with E-state index < -0.39 is 0 Å². The van der Waals surface area contributed by atoms with Crippen molar-refractivity contribution >= 4 is 45.5 Å². The van der Waals surface area contributed by atoms with Gasteiger partial charge in [-0.25, -0.2) is 4.98 Å². The SMILES string of the molecule is O=c1c(I)c(Cl)ncn1CCc1cccs1. The summed E-state index contributed by atoms with van der Waals surface area (Å²) in [5.74, 6) is 0. The lowest BCUT2D eigenvalue weighted by Gasteiger charge is -2.04. The van der Waals surface area contributed by atoms with Gasteiger partial charge in [0.15, 0.2) is 0 Å². The molecule has 0 radical (unpaired) electrons. The van der Waals surface area contributed by atoms with Crippen LogP contribution in [0.2, 0.25) is 5.15 Å². The van der Waals surface area contributed by atoms with Crippen molar-refractivity contribution in [1.29, 1.82) is 0 Å². The van der Waals surface area contributed by atoms with Crippen LogP contribution in [-0.4, -0.2) is 9.55 Å². The summed E-state index contributed by atoms with van der Waals surface area (Å²) in [5.41, 5.74) is -0.0721. The maximum atomic E-state index is 11.8. The van der Waals surface area contributed by atoms with Gasteiger partial charge >= 0.3 is 0 Å². The van der Waals surface area contributed by atoms with E-state index in [1.54, 1.807) is 15.9 Å². The Kier molecular flexibility index (Phi) is 3.99. The molecule has 0 atom stereocenters. The van der Waals surface area contributed by atoms with Crippen molar-refractivity contribution in [2.45, 2.75) is 13.0 Å². The summed E-state index contributed by atoms with van der Waals surface area (Å²) in [6.07, 6.45) is 2.34. The smallest absolute Gasteiger partial charge is 0.268 e. The molecular formula is C10H8ClIN2OS. The molecule has 2 rings (SSSR count). The Morgan fingerprint density at radius 3 is 3.06 bits per heavy atom. The number of rotatable bonds is 3. The van der Waals surface area contributed by atoms with Gasteiger partial charge in [-0.3, -0.25) is 9.36 Å². The molecule has 0 saturated carbocycles. The summed E-state index contributed by atoms with van der Waals surface area (Å²) in [4.78, 5) is 17.0. The van der Waals surface area contributed by atoms with Gasteiger partial charge in [-0.1, -0.05) is 17.7 Å². The first-order valence-electron chi connectivity index (χ1n) is 4.61. The lowest BCUT2D eigenvalue weighted by Crippen LogP contribution is -2.23. The molecule has 2 aromatic heterocycles. The average molecular weight is 367 g/mol. The average Bonchev–Trinajstić information content (AvgIpc) is 2.78. The van der Waals surface area contributed by atoms with Crippen molar-refractivity contribution in [3.8, 4) is 0 Å². The van der Waals surface area contributed by atoms with Crippen molar-refractivity contribution in [3.63, 3.8) is 0 Å². The number of hydrogen-bond donors (Lipinski definition) is 0. The number of hydrogen-bond acceptors (Lipinski definition) is 3. The van der Waals surface area contributed by atoms with Crippen LogP contribution in [0.5, 0.6) is 0 Å². The zero-order valence-electron chi connectivity index (χ0n) is 8.19. The van der Waals surface area contributed by atoms with Crippen LogP contribution in [0.1, 0.15) is 4.88 Å². The quantitative estimate of drug-likeness (QED) is 0.618. The fourth-order valence-corrected chi connectivity index (χ4v) is 2.56. The largest absolute Gasteiger partial charge is 0.298 e. The number of aryl methyl sites for hydroxylation is 2. The van der Waals surface area contributed by atoms with Crippen molar-refractivity contribution in [2.75, 3.05) is 0 Å². The van der Waals surface area contributed by atoms with Gasteiger partial charge in [0, 0.05) is 11.4 Å². The van der Waals surface area contributed by atoms with Crippen LogP contribution in [0.3, 0.4) is 0 Å². The predicted molar refractivity (Wildman–Crippen MR) is 74.2 cm³/mol. The lowest BCUT2D eigenvalue weighted by atomic mass is 10.3. The first-order valence-corrected chi connectivity index (χ1v) is 6.95. The Labute approximate surface area is 115 Å². The Hall–Kier alpha value is -0.400. The molecule has 0 unspecified atom stereocenters. The molecule has 6 heteroatoms. The normalized spacial score (nSPS) is 10.6. The second kappa shape index (κ2) is 5.29. The van der Waals surface area contributed by atoms with Crippen molar-refractivity contribution in [1.82, 2.24) is 9.55 Å². The molecule has 0 aliphatic heterocycles. The molecule has 3 nitrogen and oxygen atoms in total. The van der Waals surface area contributed by atoms with Crippen LogP contribution in [-0.2, 0) is 13.0 Å². The maximum Gasteiger partial charge on any atom is 0.268 e.